The first-order chi connectivity index (χ1) is 31.2. The minimum absolute atomic E-state index is 0.0000544. The lowest BCUT2D eigenvalue weighted by Gasteiger charge is -2.38. The SMILES string of the molecule is C/C=C/c1ccc2n(c1=O)C[C@@H]1[C@@H](CO)[C@H](C(=O)NCC3CC3)[C@H]2N1Cc1ccccc1.C/C=C\c1ccc2n(c1=O)C[C@@H]1[C@@H](CO)[C@H](C(=O)NCC3CC3)[C@H]2N1Cc1ccccc1. The van der Waals surface area contributed by atoms with Crippen LogP contribution in [-0.4, -0.2) is 79.3 Å². The number of pyridine rings is 2. The van der Waals surface area contributed by atoms with Gasteiger partial charge in [0, 0.05) is 98.9 Å². The second kappa shape index (κ2) is 19.0. The molecular weight excluding hydrogens is 805 g/mol. The summed E-state index contributed by atoms with van der Waals surface area (Å²) in [5.74, 6) is -0.0157. The van der Waals surface area contributed by atoms with Gasteiger partial charge in [0.15, 0.2) is 0 Å². The number of aromatic nitrogens is 2. The molecule has 2 amide bonds. The largest absolute Gasteiger partial charge is 0.396 e. The van der Waals surface area contributed by atoms with E-state index in [-0.39, 0.29) is 84.0 Å². The van der Waals surface area contributed by atoms with Gasteiger partial charge in [-0.05, 0) is 86.8 Å². The van der Waals surface area contributed by atoms with Gasteiger partial charge in [0.25, 0.3) is 11.1 Å². The van der Waals surface area contributed by atoms with Crippen LogP contribution in [0.2, 0.25) is 0 Å². The molecule has 2 saturated heterocycles. The average molecular weight is 867 g/mol. The highest BCUT2D eigenvalue weighted by atomic mass is 16.3. The quantitative estimate of drug-likeness (QED) is 0.136. The molecule has 336 valence electrons. The molecule has 10 rings (SSSR count). The number of aliphatic hydroxyl groups excluding tert-OH is 2. The van der Waals surface area contributed by atoms with Crippen molar-refractivity contribution >= 4 is 24.0 Å². The third-order valence-electron chi connectivity index (χ3n) is 14.6. The Morgan fingerprint density at radius 3 is 1.33 bits per heavy atom. The summed E-state index contributed by atoms with van der Waals surface area (Å²) >= 11 is 0. The van der Waals surface area contributed by atoms with Crippen LogP contribution in [0.25, 0.3) is 12.2 Å². The molecule has 12 heteroatoms. The van der Waals surface area contributed by atoms with Crippen molar-refractivity contribution in [2.24, 2.45) is 35.5 Å². The van der Waals surface area contributed by atoms with Crippen LogP contribution in [0.3, 0.4) is 0 Å². The molecule has 4 fully saturated rings. The van der Waals surface area contributed by atoms with Crippen molar-refractivity contribution in [1.82, 2.24) is 29.6 Å². The van der Waals surface area contributed by atoms with Crippen LogP contribution in [0.4, 0.5) is 0 Å². The summed E-state index contributed by atoms with van der Waals surface area (Å²) in [5.41, 5.74) is 5.34. The average Bonchev–Trinajstić information content (AvgIpc) is 4.26. The molecule has 0 unspecified atom stereocenters. The Morgan fingerprint density at radius 1 is 0.594 bits per heavy atom. The van der Waals surface area contributed by atoms with Crippen LogP contribution < -0.4 is 21.8 Å². The van der Waals surface area contributed by atoms with Crippen LogP contribution in [0.1, 0.15) is 85.3 Å². The molecule has 64 heavy (non-hydrogen) atoms. The number of nitrogens with zero attached hydrogens (tertiary/aromatic N) is 4. The first-order valence-corrected chi connectivity index (χ1v) is 23.3. The Labute approximate surface area is 375 Å². The summed E-state index contributed by atoms with van der Waals surface area (Å²) in [4.78, 5) is 57.9. The van der Waals surface area contributed by atoms with Gasteiger partial charge in [0.05, 0.1) is 23.9 Å². The second-order valence-corrected chi connectivity index (χ2v) is 18.7. The van der Waals surface area contributed by atoms with Gasteiger partial charge in [-0.1, -0.05) is 85.0 Å². The Balaban J connectivity index is 0.000000162. The van der Waals surface area contributed by atoms with E-state index in [2.05, 4.69) is 44.7 Å². The minimum atomic E-state index is -0.381. The number of amides is 2. The lowest BCUT2D eigenvalue weighted by Crippen LogP contribution is -2.46. The summed E-state index contributed by atoms with van der Waals surface area (Å²) in [6.45, 7) is 7.41. The summed E-state index contributed by atoms with van der Waals surface area (Å²) in [6.07, 6.45) is 12.1. The Morgan fingerprint density at radius 2 is 0.984 bits per heavy atom. The summed E-state index contributed by atoms with van der Waals surface area (Å²) < 4.78 is 3.67. The number of nitrogens with one attached hydrogen (secondary N) is 2. The molecule has 4 bridgehead atoms. The van der Waals surface area contributed by atoms with Crippen molar-refractivity contribution in [2.45, 2.75) is 89.9 Å². The van der Waals surface area contributed by atoms with Crippen LogP contribution in [0, 0.1) is 35.5 Å². The van der Waals surface area contributed by atoms with Gasteiger partial charge in [0.2, 0.25) is 11.8 Å². The Bertz CT molecular complexity index is 2320. The molecule has 2 aromatic carbocycles. The monoisotopic (exact) mass is 866 g/mol. The number of benzene rings is 2. The topological polar surface area (TPSA) is 149 Å². The van der Waals surface area contributed by atoms with Gasteiger partial charge < -0.3 is 30.0 Å². The lowest BCUT2D eigenvalue weighted by atomic mass is 9.86. The van der Waals surface area contributed by atoms with E-state index < -0.39 is 0 Å². The highest BCUT2D eigenvalue weighted by molar-refractivity contribution is 5.81. The fourth-order valence-corrected chi connectivity index (χ4v) is 11.1. The number of hydrogen-bond donors (Lipinski definition) is 4. The fourth-order valence-electron chi connectivity index (χ4n) is 11.1. The van der Waals surface area contributed by atoms with Gasteiger partial charge >= 0.3 is 0 Å². The number of carbonyl (C=O) groups is 2. The zero-order chi connectivity index (χ0) is 44.5. The van der Waals surface area contributed by atoms with Crippen LogP contribution in [0.15, 0.2) is 107 Å². The Kier molecular flexibility index (Phi) is 13.0. The molecule has 0 spiro atoms. The van der Waals surface area contributed by atoms with E-state index >= 15 is 0 Å². The van der Waals surface area contributed by atoms with E-state index in [0.717, 1.165) is 11.4 Å². The first kappa shape index (κ1) is 43.8. The van der Waals surface area contributed by atoms with Gasteiger partial charge in [-0.25, -0.2) is 0 Å². The summed E-state index contributed by atoms with van der Waals surface area (Å²) in [5, 5.41) is 27.1. The standard InChI is InChI=1S/2C26H31N3O3/c2*1-2-6-19-11-12-21-24-23(25(31)27-13-17-9-10-17)20(16-30)22(15-29(21)26(19)32)28(24)14-18-7-4-3-5-8-18/h2*2-8,11-12,17,20,22-24,30H,9-10,13-16H2,1H3,(H,27,31)/b6-2+;6-2-/t2*20-,22-,23+,24+/m11/s1. The summed E-state index contributed by atoms with van der Waals surface area (Å²) in [6, 6.07) is 27.5. The molecule has 2 aliphatic carbocycles. The smallest absolute Gasteiger partial charge is 0.258 e. The number of aliphatic hydroxyl groups is 2. The van der Waals surface area contributed by atoms with E-state index in [4.69, 9.17) is 0 Å². The molecule has 4 N–H and O–H groups in total. The lowest BCUT2D eigenvalue weighted by molar-refractivity contribution is -0.128. The molecule has 4 aliphatic heterocycles. The molecule has 12 nitrogen and oxygen atoms in total. The zero-order valence-corrected chi connectivity index (χ0v) is 37.0. The molecule has 2 aromatic heterocycles. The number of hydrogen-bond acceptors (Lipinski definition) is 8. The molecular formula is C52H62N6O6. The van der Waals surface area contributed by atoms with E-state index in [1.807, 2.05) is 108 Å². The van der Waals surface area contributed by atoms with Crippen LogP contribution >= 0.6 is 0 Å². The minimum Gasteiger partial charge on any atom is -0.396 e. The van der Waals surface area contributed by atoms with Gasteiger partial charge in [0.1, 0.15) is 0 Å². The van der Waals surface area contributed by atoms with Crippen molar-refractivity contribution in [1.29, 1.82) is 0 Å². The van der Waals surface area contributed by atoms with E-state index in [1.54, 1.807) is 0 Å². The number of allylic oxidation sites excluding steroid dienone is 2. The number of rotatable bonds is 14. The fraction of sp³-hybridized carbons (Fsp3) is 0.462. The predicted octanol–water partition coefficient (Wildman–Crippen LogP) is 5.14. The second-order valence-electron chi connectivity index (χ2n) is 18.7. The number of carbonyl (C=O) groups excluding carboxylic acids is 2. The third-order valence-corrected chi connectivity index (χ3v) is 14.6. The van der Waals surface area contributed by atoms with E-state index in [9.17, 15) is 29.4 Å². The first-order valence-electron chi connectivity index (χ1n) is 23.3. The molecule has 6 aliphatic rings. The normalized spacial score (nSPS) is 26.9. The van der Waals surface area contributed by atoms with Crippen LogP contribution in [0.5, 0.6) is 0 Å². The van der Waals surface area contributed by atoms with Gasteiger partial charge in [-0.15, -0.1) is 0 Å². The third kappa shape index (κ3) is 8.60. The number of fused-ring (bicyclic) bond motifs is 8. The molecule has 0 radical (unpaired) electrons. The molecule has 8 atom stereocenters. The van der Waals surface area contributed by atoms with Crippen molar-refractivity contribution in [3.8, 4) is 0 Å². The van der Waals surface area contributed by atoms with Gasteiger partial charge in [-0.2, -0.15) is 0 Å². The van der Waals surface area contributed by atoms with E-state index in [0.29, 0.717) is 62.2 Å². The van der Waals surface area contributed by atoms with Crippen LogP contribution in [-0.2, 0) is 35.8 Å². The van der Waals surface area contributed by atoms with Crippen molar-refractivity contribution in [2.75, 3.05) is 26.3 Å². The van der Waals surface area contributed by atoms with Crippen molar-refractivity contribution < 1.29 is 19.8 Å². The summed E-state index contributed by atoms with van der Waals surface area (Å²) in [7, 11) is 0. The highest BCUT2D eigenvalue weighted by Gasteiger charge is 2.57. The van der Waals surface area contributed by atoms with Crippen molar-refractivity contribution in [3.63, 3.8) is 0 Å². The maximum Gasteiger partial charge on any atom is 0.258 e. The maximum absolute atomic E-state index is 13.4. The maximum atomic E-state index is 13.4. The predicted molar refractivity (Wildman–Crippen MR) is 247 cm³/mol. The zero-order valence-electron chi connectivity index (χ0n) is 37.0. The molecule has 2 saturated carbocycles. The Hall–Kier alpha value is -5.40. The molecule has 6 heterocycles. The van der Waals surface area contributed by atoms with Gasteiger partial charge in [-0.3, -0.25) is 29.0 Å². The highest BCUT2D eigenvalue weighted by Crippen LogP contribution is 2.50. The van der Waals surface area contributed by atoms with E-state index in [1.165, 1.54) is 36.8 Å². The molecule has 4 aromatic rings. The van der Waals surface area contributed by atoms with Crippen molar-refractivity contribution in [3.05, 3.63) is 151 Å².